The highest BCUT2D eigenvalue weighted by Gasteiger charge is 2.21. The minimum atomic E-state index is 0.636. The van der Waals surface area contributed by atoms with Crippen LogP contribution in [0.1, 0.15) is 49.6 Å². The van der Waals surface area contributed by atoms with Crippen molar-refractivity contribution in [3.8, 4) is 0 Å². The van der Waals surface area contributed by atoms with E-state index >= 15 is 0 Å². The van der Waals surface area contributed by atoms with Crippen molar-refractivity contribution in [1.29, 1.82) is 0 Å². The van der Waals surface area contributed by atoms with E-state index in [0.29, 0.717) is 6.04 Å². The maximum absolute atomic E-state index is 4.46. The van der Waals surface area contributed by atoms with E-state index in [0.717, 1.165) is 18.2 Å². The first-order valence-electron chi connectivity index (χ1n) is 6.82. The quantitative estimate of drug-likeness (QED) is 0.869. The zero-order valence-electron chi connectivity index (χ0n) is 11.6. The molecular formula is C14H25N3. The largest absolute Gasteiger partial charge is 0.310 e. The normalized spacial score (nSPS) is 18.8. The lowest BCUT2D eigenvalue weighted by Crippen LogP contribution is -2.32. The van der Waals surface area contributed by atoms with Crippen molar-refractivity contribution >= 4 is 0 Å². The van der Waals surface area contributed by atoms with Crippen LogP contribution in [0.4, 0.5) is 0 Å². The molecular weight excluding hydrogens is 210 g/mol. The lowest BCUT2D eigenvalue weighted by molar-refractivity contribution is 0.380. The van der Waals surface area contributed by atoms with Gasteiger partial charge in [0.1, 0.15) is 0 Å². The van der Waals surface area contributed by atoms with E-state index in [9.17, 15) is 0 Å². The molecule has 0 unspecified atom stereocenters. The molecule has 1 aromatic heterocycles. The predicted octanol–water partition coefficient (Wildman–Crippen LogP) is 2.71. The van der Waals surface area contributed by atoms with Gasteiger partial charge < -0.3 is 5.32 Å². The average Bonchev–Trinajstić information content (AvgIpc) is 2.88. The van der Waals surface area contributed by atoms with Crippen LogP contribution >= 0.6 is 0 Å². The summed E-state index contributed by atoms with van der Waals surface area (Å²) >= 11 is 0. The van der Waals surface area contributed by atoms with Crippen molar-refractivity contribution in [3.05, 3.63) is 17.0 Å². The number of nitrogens with zero attached hydrogens (tertiary/aromatic N) is 2. The Bertz CT molecular complexity index is 375. The van der Waals surface area contributed by atoms with Gasteiger partial charge >= 0.3 is 0 Å². The first kappa shape index (κ1) is 12.6. The van der Waals surface area contributed by atoms with Crippen LogP contribution in [0.25, 0.3) is 0 Å². The summed E-state index contributed by atoms with van der Waals surface area (Å²) < 4.78 is 1.98. The van der Waals surface area contributed by atoms with E-state index in [4.69, 9.17) is 0 Å². The third-order valence-electron chi connectivity index (χ3n) is 4.37. The summed E-state index contributed by atoms with van der Waals surface area (Å²) in [4.78, 5) is 0. The first-order chi connectivity index (χ1) is 8.09. The van der Waals surface area contributed by atoms with Gasteiger partial charge in [-0.05, 0) is 39.5 Å². The lowest BCUT2D eigenvalue weighted by atomic mass is 9.99. The Kier molecular flexibility index (Phi) is 3.87. The van der Waals surface area contributed by atoms with Crippen molar-refractivity contribution in [2.24, 2.45) is 13.0 Å². The highest BCUT2D eigenvalue weighted by Crippen LogP contribution is 2.27. The Morgan fingerprint density at radius 3 is 2.53 bits per heavy atom. The molecule has 0 saturated heterocycles. The number of rotatable bonds is 4. The molecule has 17 heavy (non-hydrogen) atoms. The summed E-state index contributed by atoms with van der Waals surface area (Å²) in [6.07, 6.45) is 5.64. The molecule has 0 spiro atoms. The molecule has 96 valence electrons. The van der Waals surface area contributed by atoms with Crippen molar-refractivity contribution < 1.29 is 0 Å². The van der Waals surface area contributed by atoms with Crippen molar-refractivity contribution in [2.75, 3.05) is 0 Å². The second-order valence-electron chi connectivity index (χ2n) is 5.49. The van der Waals surface area contributed by atoms with E-state index in [1.54, 1.807) is 0 Å². The van der Waals surface area contributed by atoms with Crippen LogP contribution < -0.4 is 5.32 Å². The van der Waals surface area contributed by atoms with Crippen LogP contribution in [0.5, 0.6) is 0 Å². The average molecular weight is 235 g/mol. The SMILES string of the molecule is Cc1nn(C)c(C)c1CN[C@H](C)C1CCCC1. The maximum Gasteiger partial charge on any atom is 0.0641 e. The summed E-state index contributed by atoms with van der Waals surface area (Å²) in [7, 11) is 2.02. The van der Waals surface area contributed by atoms with Gasteiger partial charge in [-0.25, -0.2) is 0 Å². The number of hydrogen-bond acceptors (Lipinski definition) is 2. The molecule has 1 heterocycles. The Balaban J connectivity index is 1.92. The molecule has 0 aliphatic heterocycles. The zero-order valence-corrected chi connectivity index (χ0v) is 11.6. The molecule has 0 aromatic carbocycles. The third-order valence-corrected chi connectivity index (χ3v) is 4.37. The third kappa shape index (κ3) is 2.71. The van der Waals surface area contributed by atoms with E-state index in [-0.39, 0.29) is 0 Å². The Morgan fingerprint density at radius 1 is 1.35 bits per heavy atom. The summed E-state index contributed by atoms with van der Waals surface area (Å²) in [5, 5.41) is 8.15. The van der Waals surface area contributed by atoms with E-state index in [1.807, 2.05) is 11.7 Å². The van der Waals surface area contributed by atoms with Gasteiger partial charge in [-0.15, -0.1) is 0 Å². The summed E-state index contributed by atoms with van der Waals surface area (Å²) in [5.41, 5.74) is 3.82. The van der Waals surface area contributed by atoms with Gasteiger partial charge in [0.15, 0.2) is 0 Å². The molecule has 1 atom stereocenters. The molecule has 0 amide bonds. The van der Waals surface area contributed by atoms with Gasteiger partial charge in [-0.2, -0.15) is 5.10 Å². The summed E-state index contributed by atoms with van der Waals surface area (Å²) in [6, 6.07) is 0.636. The zero-order chi connectivity index (χ0) is 12.4. The van der Waals surface area contributed by atoms with E-state index in [1.165, 1.54) is 36.9 Å². The van der Waals surface area contributed by atoms with E-state index in [2.05, 4.69) is 31.2 Å². The van der Waals surface area contributed by atoms with Crippen LogP contribution in [-0.4, -0.2) is 15.8 Å². The molecule has 0 bridgehead atoms. The topological polar surface area (TPSA) is 29.9 Å². The highest BCUT2D eigenvalue weighted by atomic mass is 15.3. The maximum atomic E-state index is 4.46. The summed E-state index contributed by atoms with van der Waals surface area (Å²) in [6.45, 7) is 7.54. The fraction of sp³-hybridized carbons (Fsp3) is 0.786. The van der Waals surface area contributed by atoms with Crippen LogP contribution in [0, 0.1) is 19.8 Å². The molecule has 3 nitrogen and oxygen atoms in total. The predicted molar refractivity (Wildman–Crippen MR) is 70.9 cm³/mol. The van der Waals surface area contributed by atoms with Crippen LogP contribution in [0.2, 0.25) is 0 Å². The fourth-order valence-corrected chi connectivity index (χ4v) is 2.96. The molecule has 1 aliphatic rings. The number of aromatic nitrogens is 2. The fourth-order valence-electron chi connectivity index (χ4n) is 2.96. The van der Waals surface area contributed by atoms with Crippen LogP contribution in [0.3, 0.4) is 0 Å². The Labute approximate surface area is 105 Å². The van der Waals surface area contributed by atoms with Gasteiger partial charge in [0, 0.05) is 30.9 Å². The minimum Gasteiger partial charge on any atom is -0.310 e. The molecule has 0 radical (unpaired) electrons. The number of aryl methyl sites for hydroxylation is 2. The van der Waals surface area contributed by atoms with Gasteiger partial charge in [0.25, 0.3) is 0 Å². The van der Waals surface area contributed by atoms with Gasteiger partial charge in [-0.3, -0.25) is 4.68 Å². The standard InChI is InChI=1S/C14H25N3/c1-10(13-7-5-6-8-13)15-9-14-11(2)16-17(4)12(14)3/h10,13,15H,5-9H2,1-4H3/t10-/m1/s1. The minimum absolute atomic E-state index is 0.636. The Morgan fingerprint density at radius 2 is 2.00 bits per heavy atom. The van der Waals surface area contributed by atoms with Gasteiger partial charge in [-0.1, -0.05) is 12.8 Å². The Hall–Kier alpha value is -0.830. The molecule has 3 heteroatoms. The van der Waals surface area contributed by atoms with E-state index < -0.39 is 0 Å². The number of hydrogen-bond donors (Lipinski definition) is 1. The highest BCUT2D eigenvalue weighted by molar-refractivity contribution is 5.24. The van der Waals surface area contributed by atoms with Crippen LogP contribution in [-0.2, 0) is 13.6 Å². The van der Waals surface area contributed by atoms with Crippen molar-refractivity contribution in [3.63, 3.8) is 0 Å². The smallest absolute Gasteiger partial charge is 0.0641 e. The second-order valence-corrected chi connectivity index (χ2v) is 5.49. The number of nitrogens with one attached hydrogen (secondary N) is 1. The van der Waals surface area contributed by atoms with Gasteiger partial charge in [0.2, 0.25) is 0 Å². The first-order valence-corrected chi connectivity index (χ1v) is 6.82. The van der Waals surface area contributed by atoms with Gasteiger partial charge in [0.05, 0.1) is 5.69 Å². The molecule has 2 rings (SSSR count). The summed E-state index contributed by atoms with van der Waals surface area (Å²) in [5.74, 6) is 0.882. The molecule has 1 fully saturated rings. The molecule has 1 aromatic rings. The molecule has 1 saturated carbocycles. The molecule has 1 N–H and O–H groups in total. The van der Waals surface area contributed by atoms with Crippen molar-refractivity contribution in [1.82, 2.24) is 15.1 Å². The second kappa shape index (κ2) is 5.21. The van der Waals surface area contributed by atoms with Crippen LogP contribution in [0.15, 0.2) is 0 Å². The monoisotopic (exact) mass is 235 g/mol. The lowest BCUT2D eigenvalue weighted by Gasteiger charge is -2.20. The van der Waals surface area contributed by atoms with Crippen molar-refractivity contribution in [2.45, 2.75) is 59.0 Å². The molecule has 1 aliphatic carbocycles.